The highest BCUT2D eigenvalue weighted by atomic mass is 79.9. The smallest absolute Gasteiger partial charge is 0.290 e. The fraction of sp³-hybridized carbons (Fsp3) is 0.393. The van der Waals surface area contributed by atoms with Crippen molar-refractivity contribution in [3.8, 4) is 17.0 Å². The minimum absolute atomic E-state index is 0.0405. The van der Waals surface area contributed by atoms with Crippen molar-refractivity contribution in [2.24, 2.45) is 11.8 Å². The van der Waals surface area contributed by atoms with E-state index < -0.39 is 5.82 Å². The van der Waals surface area contributed by atoms with Gasteiger partial charge in [-0.15, -0.1) is 5.10 Å². The summed E-state index contributed by atoms with van der Waals surface area (Å²) >= 11 is 9.76. The van der Waals surface area contributed by atoms with Crippen molar-refractivity contribution in [3.63, 3.8) is 0 Å². The number of nitrogens with zero attached hydrogens (tertiary/aromatic N) is 4. The molecule has 3 heterocycles. The molecule has 1 aliphatic carbocycles. The lowest BCUT2D eigenvalue weighted by Crippen LogP contribution is -2.41. The van der Waals surface area contributed by atoms with Gasteiger partial charge in [0.1, 0.15) is 11.3 Å². The molecule has 198 valence electrons. The summed E-state index contributed by atoms with van der Waals surface area (Å²) in [6, 6.07) is 8.34. The molecule has 38 heavy (non-hydrogen) atoms. The number of ether oxygens (including phenoxy) is 1. The van der Waals surface area contributed by atoms with E-state index in [4.69, 9.17) is 20.8 Å². The summed E-state index contributed by atoms with van der Waals surface area (Å²) in [6.07, 6.45) is 5.13. The third-order valence-corrected chi connectivity index (χ3v) is 8.49. The lowest BCUT2D eigenvalue weighted by Gasteiger charge is -2.27. The molecule has 0 radical (unpaired) electrons. The maximum Gasteiger partial charge on any atom is 0.290 e. The fourth-order valence-electron chi connectivity index (χ4n) is 5.66. The quantitative estimate of drug-likeness (QED) is 0.231. The maximum atomic E-state index is 14.4. The largest absolute Gasteiger partial charge is 0.491 e. The summed E-state index contributed by atoms with van der Waals surface area (Å²) in [6.45, 7) is 5.27. The van der Waals surface area contributed by atoms with Gasteiger partial charge in [0.05, 0.1) is 29.9 Å². The van der Waals surface area contributed by atoms with Crippen LogP contribution in [0.15, 0.2) is 45.4 Å². The second kappa shape index (κ2) is 10.0. The van der Waals surface area contributed by atoms with E-state index in [1.165, 1.54) is 18.9 Å². The maximum absolute atomic E-state index is 14.4. The van der Waals surface area contributed by atoms with Gasteiger partial charge in [-0.05, 0) is 91.2 Å². The van der Waals surface area contributed by atoms with Crippen molar-refractivity contribution in [2.75, 3.05) is 13.2 Å². The third kappa shape index (κ3) is 4.60. The number of hydrogen-bond acceptors (Lipinski definition) is 5. The SMILES string of the molecule is CCOc1ccc(-c2cn(CC3C(C4CC4)CCN3C(=O)c3oc4c(Br)cc(Cl)cc4c3C)nn2)cc1F. The zero-order chi connectivity index (χ0) is 26.6. The van der Waals surface area contributed by atoms with Crippen LogP contribution in [0.5, 0.6) is 5.75 Å². The number of rotatable bonds is 7. The number of aromatic nitrogens is 3. The molecule has 2 unspecified atom stereocenters. The van der Waals surface area contributed by atoms with Crippen LogP contribution in [0.2, 0.25) is 5.02 Å². The van der Waals surface area contributed by atoms with E-state index in [1.807, 2.05) is 31.0 Å². The van der Waals surface area contributed by atoms with Gasteiger partial charge in [0, 0.05) is 28.1 Å². The molecule has 6 rings (SSSR count). The molecule has 0 spiro atoms. The van der Waals surface area contributed by atoms with Gasteiger partial charge in [-0.1, -0.05) is 16.8 Å². The number of halogens is 3. The lowest BCUT2D eigenvalue weighted by atomic mass is 9.94. The van der Waals surface area contributed by atoms with Crippen LogP contribution in [0.1, 0.15) is 42.3 Å². The normalized spacial score (nSPS) is 19.4. The van der Waals surface area contributed by atoms with Crippen molar-refractivity contribution in [2.45, 2.75) is 45.7 Å². The van der Waals surface area contributed by atoms with Gasteiger partial charge in [-0.2, -0.15) is 0 Å². The Hall–Kier alpha value is -2.91. The molecule has 0 N–H and O–H groups in total. The number of aryl methyl sites for hydroxylation is 1. The van der Waals surface area contributed by atoms with E-state index in [2.05, 4.69) is 26.2 Å². The first-order valence-electron chi connectivity index (χ1n) is 12.9. The van der Waals surface area contributed by atoms with Gasteiger partial charge in [-0.25, -0.2) is 9.07 Å². The Labute approximate surface area is 233 Å². The Morgan fingerprint density at radius 2 is 2.08 bits per heavy atom. The van der Waals surface area contributed by atoms with Crippen LogP contribution in [0, 0.1) is 24.6 Å². The van der Waals surface area contributed by atoms with Crippen LogP contribution >= 0.6 is 27.5 Å². The standard InChI is InChI=1S/C28H27BrClFN4O3/c1-3-37-25-7-6-17(10-22(25)31)23-13-34(33-32-23)14-24-19(16-4-5-16)8-9-35(24)28(36)26-15(2)20-11-18(30)12-21(29)27(20)38-26/h6-7,10-13,16,19,24H,3-5,8-9,14H2,1-2H3. The van der Waals surface area contributed by atoms with E-state index in [0.717, 1.165) is 21.8 Å². The van der Waals surface area contributed by atoms with Gasteiger partial charge in [0.15, 0.2) is 17.3 Å². The number of carbonyl (C=O) groups excluding carboxylic acids is 1. The first-order valence-corrected chi connectivity index (χ1v) is 14.0. The predicted octanol–water partition coefficient (Wildman–Crippen LogP) is 6.89. The number of hydrogen-bond donors (Lipinski definition) is 0. The highest BCUT2D eigenvalue weighted by Crippen LogP contribution is 2.46. The second-order valence-corrected chi connectivity index (χ2v) is 11.4. The van der Waals surface area contributed by atoms with Gasteiger partial charge in [0.2, 0.25) is 0 Å². The molecule has 1 aliphatic heterocycles. The predicted molar refractivity (Wildman–Crippen MR) is 146 cm³/mol. The molecule has 2 fully saturated rings. The number of likely N-dealkylation sites (tertiary alicyclic amines) is 1. The van der Waals surface area contributed by atoms with Gasteiger partial charge >= 0.3 is 0 Å². The zero-order valence-corrected chi connectivity index (χ0v) is 23.4. The number of amides is 1. The first kappa shape index (κ1) is 25.4. The number of carbonyl (C=O) groups is 1. The Morgan fingerprint density at radius 3 is 2.82 bits per heavy atom. The molecular weight excluding hydrogens is 575 g/mol. The molecular formula is C28H27BrClFN4O3. The summed E-state index contributed by atoms with van der Waals surface area (Å²) in [7, 11) is 0. The summed E-state index contributed by atoms with van der Waals surface area (Å²) in [4.78, 5) is 15.8. The first-order chi connectivity index (χ1) is 18.3. The van der Waals surface area contributed by atoms with E-state index in [1.54, 1.807) is 22.9 Å². The van der Waals surface area contributed by atoms with Crippen LogP contribution in [0.25, 0.3) is 22.2 Å². The van der Waals surface area contributed by atoms with Crippen LogP contribution in [-0.2, 0) is 6.54 Å². The van der Waals surface area contributed by atoms with Crippen molar-refractivity contribution >= 4 is 44.4 Å². The molecule has 1 saturated carbocycles. The average Bonchev–Trinajstić information content (AvgIpc) is 3.32. The molecule has 7 nitrogen and oxygen atoms in total. The Kier molecular flexibility index (Phi) is 6.68. The summed E-state index contributed by atoms with van der Waals surface area (Å²) in [5, 5.41) is 10.0. The Balaban J connectivity index is 1.27. The van der Waals surface area contributed by atoms with Crippen LogP contribution < -0.4 is 4.74 Å². The third-order valence-electron chi connectivity index (χ3n) is 7.68. The molecule has 0 bridgehead atoms. The minimum atomic E-state index is -0.436. The molecule has 1 amide bonds. The number of benzene rings is 2. The average molecular weight is 602 g/mol. The molecule has 2 atom stereocenters. The van der Waals surface area contributed by atoms with Crippen molar-refractivity contribution in [3.05, 3.63) is 63.2 Å². The van der Waals surface area contributed by atoms with Gasteiger partial charge in [-0.3, -0.25) is 4.79 Å². The molecule has 10 heteroatoms. The van der Waals surface area contributed by atoms with E-state index in [0.29, 0.717) is 59.2 Å². The van der Waals surface area contributed by atoms with Crippen LogP contribution in [0.3, 0.4) is 0 Å². The minimum Gasteiger partial charge on any atom is -0.491 e. The monoisotopic (exact) mass is 600 g/mol. The molecule has 4 aromatic rings. The lowest BCUT2D eigenvalue weighted by molar-refractivity contribution is 0.0661. The molecule has 2 aromatic carbocycles. The van der Waals surface area contributed by atoms with Crippen LogP contribution in [-0.4, -0.2) is 45.0 Å². The van der Waals surface area contributed by atoms with E-state index >= 15 is 0 Å². The highest BCUT2D eigenvalue weighted by Gasteiger charge is 2.46. The van der Waals surface area contributed by atoms with Crippen molar-refractivity contribution in [1.29, 1.82) is 0 Å². The fourth-order valence-corrected chi connectivity index (χ4v) is 6.55. The van der Waals surface area contributed by atoms with E-state index in [-0.39, 0.29) is 17.7 Å². The summed E-state index contributed by atoms with van der Waals surface area (Å²) < 4.78 is 28.3. The Bertz CT molecular complexity index is 1530. The number of furan rings is 1. The summed E-state index contributed by atoms with van der Waals surface area (Å²) in [5.41, 5.74) is 2.59. The topological polar surface area (TPSA) is 73.4 Å². The molecule has 2 aliphatic rings. The van der Waals surface area contributed by atoms with Crippen LogP contribution in [0.4, 0.5) is 4.39 Å². The molecule has 1 saturated heterocycles. The Morgan fingerprint density at radius 1 is 1.26 bits per heavy atom. The molecule has 2 aromatic heterocycles. The second-order valence-electron chi connectivity index (χ2n) is 10.1. The highest BCUT2D eigenvalue weighted by molar-refractivity contribution is 9.10. The van der Waals surface area contributed by atoms with Gasteiger partial charge in [0.25, 0.3) is 5.91 Å². The van der Waals surface area contributed by atoms with Crippen molar-refractivity contribution < 1.29 is 18.3 Å². The van der Waals surface area contributed by atoms with E-state index in [9.17, 15) is 9.18 Å². The number of fused-ring (bicyclic) bond motifs is 1. The van der Waals surface area contributed by atoms with Crippen molar-refractivity contribution in [1.82, 2.24) is 19.9 Å². The zero-order valence-electron chi connectivity index (χ0n) is 21.1. The van der Waals surface area contributed by atoms with Gasteiger partial charge < -0.3 is 14.1 Å². The summed E-state index contributed by atoms with van der Waals surface area (Å²) in [5.74, 6) is 1.00.